The van der Waals surface area contributed by atoms with E-state index < -0.39 is 46.2 Å². The first-order valence-electron chi connectivity index (χ1n) is 9.09. The number of nitriles is 1. The number of amides is 1. The molecule has 0 saturated carbocycles. The van der Waals surface area contributed by atoms with E-state index in [-0.39, 0.29) is 22.2 Å². The number of hydrogen-bond donors (Lipinski definition) is 1. The van der Waals surface area contributed by atoms with Crippen molar-refractivity contribution in [3.8, 4) is 6.07 Å². The van der Waals surface area contributed by atoms with Crippen LogP contribution in [-0.2, 0) is 15.7 Å². The first-order chi connectivity index (χ1) is 15.3. The Balaban J connectivity index is 2.19. The lowest BCUT2D eigenvalue weighted by Gasteiger charge is -2.29. The molecule has 0 aliphatic carbocycles. The van der Waals surface area contributed by atoms with E-state index in [2.05, 4.69) is 9.72 Å². The fourth-order valence-corrected chi connectivity index (χ4v) is 3.92. The summed E-state index contributed by atoms with van der Waals surface area (Å²) in [6.07, 6.45) is -4.00. The van der Waals surface area contributed by atoms with Crippen molar-refractivity contribution < 1.29 is 31.9 Å². The van der Waals surface area contributed by atoms with Crippen molar-refractivity contribution in [3.05, 3.63) is 46.9 Å². The zero-order valence-corrected chi connectivity index (χ0v) is 18.1. The van der Waals surface area contributed by atoms with Gasteiger partial charge in [0.15, 0.2) is 10.9 Å². The maximum absolute atomic E-state index is 15.0. The Morgan fingerprint density at radius 3 is 2.52 bits per heavy atom. The normalized spacial score (nSPS) is 15.6. The number of hydrogen-bond acceptors (Lipinski definition) is 7. The van der Waals surface area contributed by atoms with Crippen LogP contribution in [0.4, 0.5) is 34.8 Å². The van der Waals surface area contributed by atoms with E-state index in [9.17, 15) is 22.8 Å². The highest BCUT2D eigenvalue weighted by molar-refractivity contribution is 7.81. The molecule has 0 unspecified atom stereocenters. The van der Waals surface area contributed by atoms with Gasteiger partial charge in [-0.25, -0.2) is 14.2 Å². The summed E-state index contributed by atoms with van der Waals surface area (Å²) < 4.78 is 60.0. The molecule has 1 aromatic carbocycles. The SMILES string of the molecule is COC(=O)c1cc(N2C(=S)N(c3ccc(C#N)c(C(F)(F)F)c3F)C(=O)C2(C)C)cnc1N. The average molecular weight is 481 g/mol. The number of thiocarbonyl (C=S) groups is 1. The van der Waals surface area contributed by atoms with Gasteiger partial charge >= 0.3 is 12.1 Å². The lowest BCUT2D eigenvalue weighted by Crippen LogP contribution is -2.44. The van der Waals surface area contributed by atoms with Crippen molar-refractivity contribution in [3.63, 3.8) is 0 Å². The van der Waals surface area contributed by atoms with E-state index in [1.54, 1.807) is 0 Å². The first kappa shape index (κ1) is 23.9. The molecule has 1 aliphatic rings. The smallest absolute Gasteiger partial charge is 0.420 e. The predicted molar refractivity (Wildman–Crippen MR) is 113 cm³/mol. The third-order valence-corrected chi connectivity index (χ3v) is 5.37. The molecule has 2 heterocycles. The van der Waals surface area contributed by atoms with Crippen molar-refractivity contribution in [2.75, 3.05) is 22.6 Å². The number of methoxy groups -OCH3 is 1. The van der Waals surface area contributed by atoms with Crippen molar-refractivity contribution >= 4 is 46.4 Å². The van der Waals surface area contributed by atoms with Gasteiger partial charge in [0.2, 0.25) is 0 Å². The van der Waals surface area contributed by atoms with Crippen LogP contribution >= 0.6 is 12.2 Å². The second-order valence-electron chi connectivity index (χ2n) is 7.37. The summed E-state index contributed by atoms with van der Waals surface area (Å²) >= 11 is 5.32. The zero-order valence-electron chi connectivity index (χ0n) is 17.3. The fourth-order valence-electron chi connectivity index (χ4n) is 3.41. The highest BCUT2D eigenvalue weighted by atomic mass is 32.1. The van der Waals surface area contributed by atoms with Gasteiger partial charge in [-0.15, -0.1) is 0 Å². The number of carbonyl (C=O) groups excluding carboxylic acids is 2. The van der Waals surface area contributed by atoms with Gasteiger partial charge in [0, 0.05) is 0 Å². The van der Waals surface area contributed by atoms with Crippen LogP contribution in [-0.4, -0.2) is 34.6 Å². The quantitative estimate of drug-likeness (QED) is 0.403. The van der Waals surface area contributed by atoms with Crippen LogP contribution in [0.3, 0.4) is 0 Å². The Morgan fingerprint density at radius 2 is 1.97 bits per heavy atom. The maximum Gasteiger partial charge on any atom is 0.420 e. The number of nitrogens with two attached hydrogens (primary N) is 1. The second kappa shape index (κ2) is 7.96. The van der Waals surface area contributed by atoms with Crippen molar-refractivity contribution in [2.24, 2.45) is 0 Å². The molecule has 2 aromatic rings. The molecule has 1 aromatic heterocycles. The van der Waals surface area contributed by atoms with E-state index in [4.69, 9.17) is 23.2 Å². The number of carbonyl (C=O) groups is 2. The molecular weight excluding hydrogens is 466 g/mol. The van der Waals surface area contributed by atoms with Gasteiger partial charge in [0.25, 0.3) is 5.91 Å². The van der Waals surface area contributed by atoms with Gasteiger partial charge < -0.3 is 15.4 Å². The lowest BCUT2D eigenvalue weighted by atomic mass is 10.0. The molecule has 172 valence electrons. The average Bonchev–Trinajstić information content (AvgIpc) is 2.91. The number of ether oxygens (including phenoxy) is 1. The van der Waals surface area contributed by atoms with Crippen LogP contribution in [0.2, 0.25) is 0 Å². The monoisotopic (exact) mass is 481 g/mol. The van der Waals surface area contributed by atoms with Gasteiger partial charge in [0.1, 0.15) is 22.5 Å². The molecule has 0 atom stereocenters. The Hall–Kier alpha value is -3.79. The van der Waals surface area contributed by atoms with Crippen molar-refractivity contribution in [2.45, 2.75) is 25.6 Å². The van der Waals surface area contributed by atoms with Gasteiger partial charge in [-0.2, -0.15) is 18.4 Å². The molecule has 3 rings (SSSR count). The first-order valence-corrected chi connectivity index (χ1v) is 9.50. The van der Waals surface area contributed by atoms with Gasteiger partial charge in [0.05, 0.1) is 36.3 Å². The summed E-state index contributed by atoms with van der Waals surface area (Å²) in [5.74, 6) is -3.65. The van der Waals surface area contributed by atoms with Gasteiger partial charge in [-0.05, 0) is 44.3 Å². The fraction of sp³-hybridized carbons (Fsp3) is 0.250. The number of rotatable bonds is 3. The van der Waals surface area contributed by atoms with Crippen molar-refractivity contribution in [1.82, 2.24) is 4.98 Å². The lowest BCUT2D eigenvalue weighted by molar-refractivity contribution is -0.140. The molecule has 0 spiro atoms. The van der Waals surface area contributed by atoms with Crippen LogP contribution in [0.1, 0.15) is 35.3 Å². The molecule has 1 aliphatic heterocycles. The molecule has 2 N–H and O–H groups in total. The number of nitrogens with zero attached hydrogens (tertiary/aromatic N) is 4. The molecule has 0 bridgehead atoms. The summed E-state index contributed by atoms with van der Waals surface area (Å²) in [6, 6.07) is 4.16. The van der Waals surface area contributed by atoms with Crippen molar-refractivity contribution in [1.29, 1.82) is 5.26 Å². The van der Waals surface area contributed by atoms with E-state index in [0.717, 1.165) is 19.2 Å². The number of alkyl halides is 3. The highest BCUT2D eigenvalue weighted by Gasteiger charge is 2.52. The standard InChI is InChI=1S/C20H15F4N5O3S/c1-19(2)17(31)28(12-5-4-9(7-25)13(14(12)21)20(22,23)24)18(33)29(19)10-6-11(16(30)32-3)15(26)27-8-10/h4-6,8H,1-3H3,(H2,26,27). The summed E-state index contributed by atoms with van der Waals surface area (Å²) in [6.45, 7) is 2.81. The predicted octanol–water partition coefficient (Wildman–Crippen LogP) is 3.40. The molecular formula is C20H15F4N5O3S. The number of aromatic nitrogens is 1. The second-order valence-corrected chi connectivity index (χ2v) is 7.73. The summed E-state index contributed by atoms with van der Waals surface area (Å²) in [5.41, 5.74) is 0.618. The summed E-state index contributed by atoms with van der Waals surface area (Å²) in [5, 5.41) is 8.60. The van der Waals surface area contributed by atoms with E-state index in [1.165, 1.54) is 37.1 Å². The number of nitrogen functional groups attached to an aromatic ring is 1. The van der Waals surface area contributed by atoms with Crippen LogP contribution in [0, 0.1) is 17.1 Å². The molecule has 1 amide bonds. The van der Waals surface area contributed by atoms with Crippen LogP contribution in [0.5, 0.6) is 0 Å². The third-order valence-electron chi connectivity index (χ3n) is 5.00. The minimum Gasteiger partial charge on any atom is -0.465 e. The van der Waals surface area contributed by atoms with Crippen LogP contribution < -0.4 is 15.5 Å². The number of halogens is 4. The molecule has 13 heteroatoms. The third kappa shape index (κ3) is 3.72. The van der Waals surface area contributed by atoms with Crippen LogP contribution in [0.25, 0.3) is 0 Å². The van der Waals surface area contributed by atoms with E-state index >= 15 is 4.39 Å². The number of benzene rings is 1. The summed E-state index contributed by atoms with van der Waals surface area (Å²) in [4.78, 5) is 30.9. The number of pyridine rings is 1. The molecule has 8 nitrogen and oxygen atoms in total. The largest absolute Gasteiger partial charge is 0.465 e. The van der Waals surface area contributed by atoms with Crippen LogP contribution in [0.15, 0.2) is 24.4 Å². The molecule has 1 saturated heterocycles. The van der Waals surface area contributed by atoms with E-state index in [1.807, 2.05) is 0 Å². The highest BCUT2D eigenvalue weighted by Crippen LogP contribution is 2.42. The topological polar surface area (TPSA) is 113 Å². The Morgan fingerprint density at radius 1 is 1.33 bits per heavy atom. The molecule has 1 fully saturated rings. The Kier molecular flexibility index (Phi) is 5.76. The Bertz CT molecular complexity index is 1240. The van der Waals surface area contributed by atoms with Gasteiger partial charge in [-0.1, -0.05) is 0 Å². The van der Waals surface area contributed by atoms with Gasteiger partial charge in [-0.3, -0.25) is 9.69 Å². The Labute approximate surface area is 190 Å². The number of anilines is 3. The van der Waals surface area contributed by atoms with E-state index in [0.29, 0.717) is 4.90 Å². The minimum absolute atomic E-state index is 0.0977. The summed E-state index contributed by atoms with van der Waals surface area (Å²) in [7, 11) is 1.12. The number of esters is 1. The minimum atomic E-state index is -5.19. The zero-order chi connectivity index (χ0) is 24.9. The molecule has 0 radical (unpaired) electrons. The molecule has 33 heavy (non-hydrogen) atoms. The maximum atomic E-state index is 15.0.